The van der Waals surface area contributed by atoms with E-state index in [1.165, 1.54) is 11.3 Å². The van der Waals surface area contributed by atoms with E-state index in [1.54, 1.807) is 0 Å². The molecule has 0 unspecified atom stereocenters. The Bertz CT molecular complexity index is 779. The second-order valence-corrected chi connectivity index (χ2v) is 4.96. The lowest BCUT2D eigenvalue weighted by atomic mass is 10.2. The number of hydrogen-bond acceptors (Lipinski definition) is 5. The molecule has 0 aliphatic heterocycles. The molecule has 0 bridgehead atoms. The van der Waals surface area contributed by atoms with Gasteiger partial charge in [0, 0.05) is 12.5 Å². The minimum absolute atomic E-state index is 0.648. The fourth-order valence-electron chi connectivity index (χ4n) is 1.80. The molecule has 3 aromatic rings. The fourth-order valence-corrected chi connectivity index (χ4v) is 2.66. The van der Waals surface area contributed by atoms with Crippen LogP contribution >= 0.6 is 11.3 Å². The first-order valence-corrected chi connectivity index (χ1v) is 6.24. The molecule has 5 heteroatoms. The molecule has 2 aromatic heterocycles. The summed E-state index contributed by atoms with van der Waals surface area (Å²) in [6.07, 6.45) is 0. The van der Waals surface area contributed by atoms with Gasteiger partial charge in [-0.25, -0.2) is 9.97 Å². The first-order valence-electron chi connectivity index (χ1n) is 5.42. The molecule has 18 heavy (non-hydrogen) atoms. The van der Waals surface area contributed by atoms with E-state index in [-0.39, 0.29) is 0 Å². The van der Waals surface area contributed by atoms with Crippen LogP contribution in [-0.2, 0) is 0 Å². The van der Waals surface area contributed by atoms with Gasteiger partial charge < -0.3 is 4.42 Å². The standard InChI is InChI=1S/C13H9N3OS/c1-7-12(6-14)18-13(15-7)9-3-4-10-11(5-9)17-8(2)16-10/h3-5H,1-2H3. The highest BCUT2D eigenvalue weighted by Crippen LogP contribution is 2.29. The molecule has 2 heterocycles. The quantitative estimate of drug-likeness (QED) is 0.668. The Morgan fingerprint density at radius 2 is 2.11 bits per heavy atom. The van der Waals surface area contributed by atoms with Gasteiger partial charge in [-0.2, -0.15) is 5.26 Å². The van der Waals surface area contributed by atoms with Crippen LogP contribution in [0.1, 0.15) is 16.5 Å². The summed E-state index contributed by atoms with van der Waals surface area (Å²) in [7, 11) is 0. The van der Waals surface area contributed by atoms with E-state index >= 15 is 0 Å². The molecule has 0 atom stereocenters. The highest BCUT2D eigenvalue weighted by atomic mass is 32.1. The van der Waals surface area contributed by atoms with Crippen molar-refractivity contribution in [2.45, 2.75) is 13.8 Å². The van der Waals surface area contributed by atoms with E-state index in [9.17, 15) is 0 Å². The fraction of sp³-hybridized carbons (Fsp3) is 0.154. The van der Waals surface area contributed by atoms with Crippen LogP contribution in [0.5, 0.6) is 0 Å². The van der Waals surface area contributed by atoms with E-state index < -0.39 is 0 Å². The van der Waals surface area contributed by atoms with Crippen LogP contribution in [0.4, 0.5) is 0 Å². The van der Waals surface area contributed by atoms with Gasteiger partial charge in [-0.3, -0.25) is 0 Å². The van der Waals surface area contributed by atoms with E-state index in [2.05, 4.69) is 16.0 Å². The van der Waals surface area contributed by atoms with Crippen LogP contribution in [0.2, 0.25) is 0 Å². The van der Waals surface area contributed by atoms with E-state index in [1.807, 2.05) is 32.0 Å². The summed E-state index contributed by atoms with van der Waals surface area (Å²) in [6.45, 7) is 3.66. The summed E-state index contributed by atoms with van der Waals surface area (Å²) in [5.41, 5.74) is 3.31. The molecule has 0 aliphatic rings. The Labute approximate surface area is 108 Å². The third-order valence-corrected chi connectivity index (χ3v) is 3.75. The van der Waals surface area contributed by atoms with Gasteiger partial charge in [0.25, 0.3) is 0 Å². The molecule has 0 N–H and O–H groups in total. The van der Waals surface area contributed by atoms with Crippen molar-refractivity contribution in [3.8, 4) is 16.6 Å². The average molecular weight is 255 g/mol. The topological polar surface area (TPSA) is 62.7 Å². The summed E-state index contributed by atoms with van der Waals surface area (Å²) in [6, 6.07) is 7.91. The van der Waals surface area contributed by atoms with Gasteiger partial charge in [-0.05, 0) is 25.1 Å². The van der Waals surface area contributed by atoms with Crippen LogP contribution in [0.15, 0.2) is 22.6 Å². The molecule has 1 aromatic carbocycles. The highest BCUT2D eigenvalue weighted by Gasteiger charge is 2.11. The monoisotopic (exact) mass is 255 g/mol. The number of hydrogen-bond donors (Lipinski definition) is 0. The smallest absolute Gasteiger partial charge is 0.192 e. The van der Waals surface area contributed by atoms with Crippen molar-refractivity contribution in [2.24, 2.45) is 0 Å². The van der Waals surface area contributed by atoms with Crippen LogP contribution < -0.4 is 0 Å². The predicted molar refractivity (Wildman–Crippen MR) is 69.3 cm³/mol. The first kappa shape index (κ1) is 10.9. The Kier molecular flexibility index (Phi) is 2.39. The first-order chi connectivity index (χ1) is 8.67. The zero-order chi connectivity index (χ0) is 12.7. The number of nitrogens with zero attached hydrogens (tertiary/aromatic N) is 3. The third kappa shape index (κ3) is 1.67. The Morgan fingerprint density at radius 1 is 1.28 bits per heavy atom. The number of aryl methyl sites for hydroxylation is 2. The van der Waals surface area contributed by atoms with Gasteiger partial charge in [0.1, 0.15) is 21.5 Å². The summed E-state index contributed by atoms with van der Waals surface area (Å²) in [5, 5.41) is 9.78. The number of fused-ring (bicyclic) bond motifs is 1. The highest BCUT2D eigenvalue weighted by molar-refractivity contribution is 7.15. The van der Waals surface area contributed by atoms with Crippen LogP contribution in [0.3, 0.4) is 0 Å². The maximum atomic E-state index is 8.95. The minimum atomic E-state index is 0.648. The van der Waals surface area contributed by atoms with Crippen molar-refractivity contribution < 1.29 is 4.42 Å². The van der Waals surface area contributed by atoms with Gasteiger partial charge >= 0.3 is 0 Å². The molecule has 0 aliphatic carbocycles. The minimum Gasteiger partial charge on any atom is -0.441 e. The van der Waals surface area contributed by atoms with Crippen molar-refractivity contribution in [2.75, 3.05) is 0 Å². The number of oxazole rings is 1. The van der Waals surface area contributed by atoms with Crippen molar-refractivity contribution in [1.82, 2.24) is 9.97 Å². The van der Waals surface area contributed by atoms with Crippen molar-refractivity contribution in [3.63, 3.8) is 0 Å². The molecule has 0 spiro atoms. The molecular weight excluding hydrogens is 246 g/mol. The Hall–Kier alpha value is -2.19. The number of aromatic nitrogens is 2. The van der Waals surface area contributed by atoms with Gasteiger partial charge in [-0.1, -0.05) is 0 Å². The molecule has 0 saturated heterocycles. The molecule has 0 fully saturated rings. The van der Waals surface area contributed by atoms with Crippen LogP contribution in [0.25, 0.3) is 21.7 Å². The van der Waals surface area contributed by atoms with E-state index in [4.69, 9.17) is 9.68 Å². The maximum Gasteiger partial charge on any atom is 0.192 e. The lowest BCUT2D eigenvalue weighted by Gasteiger charge is -1.94. The number of thiazole rings is 1. The lowest BCUT2D eigenvalue weighted by Crippen LogP contribution is -1.77. The summed E-state index contributed by atoms with van der Waals surface area (Å²) >= 11 is 1.39. The number of nitriles is 1. The molecule has 0 amide bonds. The molecule has 3 rings (SSSR count). The summed E-state index contributed by atoms with van der Waals surface area (Å²) in [5.74, 6) is 0.648. The number of benzene rings is 1. The molecular formula is C13H9N3OS. The number of rotatable bonds is 1. The normalized spacial score (nSPS) is 10.7. The third-order valence-electron chi connectivity index (χ3n) is 2.64. The van der Waals surface area contributed by atoms with Crippen LogP contribution in [-0.4, -0.2) is 9.97 Å². The van der Waals surface area contributed by atoms with Gasteiger partial charge in [0.2, 0.25) is 0 Å². The summed E-state index contributed by atoms with van der Waals surface area (Å²) < 4.78 is 5.49. The second-order valence-electron chi connectivity index (χ2n) is 3.96. The predicted octanol–water partition coefficient (Wildman–Crippen LogP) is 3.44. The Balaban J connectivity index is 2.15. The molecule has 0 saturated carbocycles. The molecule has 4 nitrogen and oxygen atoms in total. The average Bonchev–Trinajstić information content (AvgIpc) is 2.89. The largest absolute Gasteiger partial charge is 0.441 e. The van der Waals surface area contributed by atoms with Crippen molar-refractivity contribution in [1.29, 1.82) is 5.26 Å². The lowest BCUT2D eigenvalue weighted by molar-refractivity contribution is 0.561. The maximum absolute atomic E-state index is 8.95. The zero-order valence-electron chi connectivity index (χ0n) is 9.89. The second kappa shape index (κ2) is 3.93. The van der Waals surface area contributed by atoms with Gasteiger partial charge in [0.15, 0.2) is 11.5 Å². The van der Waals surface area contributed by atoms with Crippen molar-refractivity contribution >= 4 is 22.4 Å². The molecule has 0 radical (unpaired) electrons. The SMILES string of the molecule is Cc1nc2ccc(-c3nc(C)c(C#N)s3)cc2o1. The van der Waals surface area contributed by atoms with E-state index in [0.717, 1.165) is 27.4 Å². The van der Waals surface area contributed by atoms with Gasteiger partial charge in [0.05, 0.1) is 5.69 Å². The van der Waals surface area contributed by atoms with E-state index in [0.29, 0.717) is 10.8 Å². The Morgan fingerprint density at radius 3 is 2.83 bits per heavy atom. The van der Waals surface area contributed by atoms with Gasteiger partial charge in [-0.15, -0.1) is 11.3 Å². The van der Waals surface area contributed by atoms with Crippen molar-refractivity contribution in [3.05, 3.63) is 34.7 Å². The zero-order valence-corrected chi connectivity index (χ0v) is 10.7. The summed E-state index contributed by atoms with van der Waals surface area (Å²) in [4.78, 5) is 9.30. The van der Waals surface area contributed by atoms with Crippen LogP contribution in [0, 0.1) is 25.2 Å². The molecule has 88 valence electrons.